The van der Waals surface area contributed by atoms with Crippen molar-refractivity contribution in [2.75, 3.05) is 6.61 Å². The van der Waals surface area contributed by atoms with Gasteiger partial charge in [-0.2, -0.15) is 0 Å². The molecule has 84 valence electrons. The summed E-state index contributed by atoms with van der Waals surface area (Å²) in [4.78, 5) is 0. The zero-order valence-electron chi connectivity index (χ0n) is 9.24. The summed E-state index contributed by atoms with van der Waals surface area (Å²) in [5, 5.41) is 0. The fourth-order valence-corrected chi connectivity index (χ4v) is 1.32. The molecule has 0 aliphatic carbocycles. The van der Waals surface area contributed by atoms with Crippen LogP contribution in [0.25, 0.3) is 0 Å². The van der Waals surface area contributed by atoms with Crippen molar-refractivity contribution >= 4 is 0 Å². The SMILES string of the molecule is CC(C)OCC(N)Cc1ccccc1F. The number of ether oxygens (including phenoxy) is 1. The highest BCUT2D eigenvalue weighted by molar-refractivity contribution is 5.18. The van der Waals surface area contributed by atoms with Gasteiger partial charge in [0.05, 0.1) is 12.7 Å². The molecule has 0 aromatic heterocycles. The highest BCUT2D eigenvalue weighted by atomic mass is 19.1. The summed E-state index contributed by atoms with van der Waals surface area (Å²) in [6.45, 7) is 4.37. The predicted octanol–water partition coefficient (Wildman–Crippen LogP) is 2.12. The molecule has 3 heteroatoms. The molecule has 2 nitrogen and oxygen atoms in total. The zero-order chi connectivity index (χ0) is 11.3. The molecule has 2 N–H and O–H groups in total. The molecule has 0 amide bonds. The van der Waals surface area contributed by atoms with Gasteiger partial charge in [-0.25, -0.2) is 4.39 Å². The van der Waals surface area contributed by atoms with Crippen molar-refractivity contribution in [1.29, 1.82) is 0 Å². The van der Waals surface area contributed by atoms with Gasteiger partial charge >= 0.3 is 0 Å². The zero-order valence-corrected chi connectivity index (χ0v) is 9.24. The summed E-state index contributed by atoms with van der Waals surface area (Å²) in [6, 6.07) is 6.54. The van der Waals surface area contributed by atoms with E-state index in [4.69, 9.17) is 10.5 Å². The van der Waals surface area contributed by atoms with Crippen LogP contribution in [0.5, 0.6) is 0 Å². The van der Waals surface area contributed by atoms with Crippen LogP contribution in [-0.2, 0) is 11.2 Å². The van der Waals surface area contributed by atoms with E-state index in [1.807, 2.05) is 19.9 Å². The fraction of sp³-hybridized carbons (Fsp3) is 0.500. The van der Waals surface area contributed by atoms with E-state index in [-0.39, 0.29) is 18.0 Å². The number of halogens is 1. The van der Waals surface area contributed by atoms with E-state index in [0.29, 0.717) is 18.6 Å². The third-order valence-corrected chi connectivity index (χ3v) is 2.08. The highest BCUT2D eigenvalue weighted by Gasteiger charge is 2.08. The van der Waals surface area contributed by atoms with Gasteiger partial charge in [0.2, 0.25) is 0 Å². The molecule has 0 aliphatic heterocycles. The van der Waals surface area contributed by atoms with Gasteiger partial charge in [0, 0.05) is 6.04 Å². The topological polar surface area (TPSA) is 35.2 Å². The number of benzene rings is 1. The number of rotatable bonds is 5. The van der Waals surface area contributed by atoms with E-state index in [0.717, 1.165) is 0 Å². The molecule has 15 heavy (non-hydrogen) atoms. The Balaban J connectivity index is 2.44. The quantitative estimate of drug-likeness (QED) is 0.809. The minimum Gasteiger partial charge on any atom is -0.377 e. The van der Waals surface area contributed by atoms with E-state index in [1.165, 1.54) is 6.07 Å². The maximum Gasteiger partial charge on any atom is 0.126 e. The summed E-state index contributed by atoms with van der Waals surface area (Å²) >= 11 is 0. The second kappa shape index (κ2) is 5.83. The first-order valence-corrected chi connectivity index (χ1v) is 5.20. The monoisotopic (exact) mass is 211 g/mol. The van der Waals surface area contributed by atoms with Gasteiger partial charge in [-0.05, 0) is 31.9 Å². The second-order valence-corrected chi connectivity index (χ2v) is 3.94. The lowest BCUT2D eigenvalue weighted by molar-refractivity contribution is 0.0683. The largest absolute Gasteiger partial charge is 0.377 e. The van der Waals surface area contributed by atoms with Crippen LogP contribution in [0.2, 0.25) is 0 Å². The summed E-state index contributed by atoms with van der Waals surface area (Å²) in [7, 11) is 0. The Morgan fingerprint density at radius 3 is 2.60 bits per heavy atom. The van der Waals surface area contributed by atoms with E-state index >= 15 is 0 Å². The Hall–Kier alpha value is -0.930. The van der Waals surface area contributed by atoms with Gasteiger partial charge < -0.3 is 10.5 Å². The number of hydrogen-bond donors (Lipinski definition) is 1. The molecular weight excluding hydrogens is 193 g/mol. The van der Waals surface area contributed by atoms with Crippen LogP contribution in [-0.4, -0.2) is 18.8 Å². The average Bonchev–Trinajstić information content (AvgIpc) is 2.18. The van der Waals surface area contributed by atoms with E-state index in [1.54, 1.807) is 12.1 Å². The Labute approximate surface area is 90.2 Å². The minimum atomic E-state index is -0.197. The second-order valence-electron chi connectivity index (χ2n) is 3.94. The first kappa shape index (κ1) is 12.1. The van der Waals surface area contributed by atoms with Crippen LogP contribution in [0.1, 0.15) is 19.4 Å². The van der Waals surface area contributed by atoms with Crippen molar-refractivity contribution in [1.82, 2.24) is 0 Å². The van der Waals surface area contributed by atoms with E-state index in [2.05, 4.69) is 0 Å². The van der Waals surface area contributed by atoms with E-state index in [9.17, 15) is 4.39 Å². The Bertz CT molecular complexity index is 301. The number of nitrogens with two attached hydrogens (primary N) is 1. The summed E-state index contributed by atoms with van der Waals surface area (Å²) in [6.07, 6.45) is 0.677. The standard InChI is InChI=1S/C12H18FNO/c1-9(2)15-8-11(14)7-10-5-3-4-6-12(10)13/h3-6,9,11H,7-8,14H2,1-2H3. The molecule has 0 aliphatic rings. The van der Waals surface area contributed by atoms with Crippen LogP contribution in [0, 0.1) is 5.82 Å². The smallest absolute Gasteiger partial charge is 0.126 e. The molecule has 0 radical (unpaired) electrons. The molecule has 0 saturated heterocycles. The van der Waals surface area contributed by atoms with Crippen molar-refractivity contribution < 1.29 is 9.13 Å². The van der Waals surface area contributed by atoms with Crippen molar-refractivity contribution in [2.24, 2.45) is 5.73 Å². The van der Waals surface area contributed by atoms with E-state index < -0.39 is 0 Å². The van der Waals surface area contributed by atoms with Gasteiger partial charge in [0.15, 0.2) is 0 Å². The Morgan fingerprint density at radius 2 is 2.00 bits per heavy atom. The summed E-state index contributed by atoms with van der Waals surface area (Å²) < 4.78 is 18.6. The molecular formula is C12H18FNO. The molecule has 1 unspecified atom stereocenters. The molecule has 1 aromatic rings. The van der Waals surface area contributed by atoms with Crippen LogP contribution in [0.15, 0.2) is 24.3 Å². The van der Waals surface area contributed by atoms with Gasteiger partial charge in [-0.3, -0.25) is 0 Å². The lowest BCUT2D eigenvalue weighted by Gasteiger charge is -2.14. The third-order valence-electron chi connectivity index (χ3n) is 2.08. The van der Waals surface area contributed by atoms with Crippen LogP contribution >= 0.6 is 0 Å². The van der Waals surface area contributed by atoms with Crippen LogP contribution < -0.4 is 5.73 Å². The molecule has 0 heterocycles. The maximum atomic E-state index is 13.3. The van der Waals surface area contributed by atoms with Gasteiger partial charge in [0.1, 0.15) is 5.82 Å². The maximum absolute atomic E-state index is 13.3. The number of hydrogen-bond acceptors (Lipinski definition) is 2. The highest BCUT2D eigenvalue weighted by Crippen LogP contribution is 2.08. The average molecular weight is 211 g/mol. The van der Waals surface area contributed by atoms with Crippen molar-refractivity contribution in [3.63, 3.8) is 0 Å². The summed E-state index contributed by atoms with van der Waals surface area (Å²) in [5.41, 5.74) is 6.48. The molecule has 0 bridgehead atoms. The van der Waals surface area contributed by atoms with Gasteiger partial charge in [0.25, 0.3) is 0 Å². The third kappa shape index (κ3) is 4.40. The summed E-state index contributed by atoms with van der Waals surface area (Å²) in [5.74, 6) is -0.197. The van der Waals surface area contributed by atoms with Crippen molar-refractivity contribution in [3.05, 3.63) is 35.6 Å². The predicted molar refractivity (Wildman–Crippen MR) is 59.2 cm³/mol. The molecule has 1 aromatic carbocycles. The molecule has 1 atom stereocenters. The Kier molecular flexibility index (Phi) is 4.72. The molecule has 1 rings (SSSR count). The lowest BCUT2D eigenvalue weighted by Crippen LogP contribution is -2.30. The van der Waals surface area contributed by atoms with Crippen molar-refractivity contribution in [3.8, 4) is 0 Å². The first-order chi connectivity index (χ1) is 7.09. The van der Waals surface area contributed by atoms with Gasteiger partial charge in [-0.15, -0.1) is 0 Å². The molecule has 0 saturated carbocycles. The van der Waals surface area contributed by atoms with Crippen LogP contribution in [0.3, 0.4) is 0 Å². The lowest BCUT2D eigenvalue weighted by atomic mass is 10.1. The normalized spacial score (nSPS) is 13.1. The van der Waals surface area contributed by atoms with Crippen molar-refractivity contribution in [2.45, 2.75) is 32.4 Å². The Morgan fingerprint density at radius 1 is 1.33 bits per heavy atom. The first-order valence-electron chi connectivity index (χ1n) is 5.20. The minimum absolute atomic E-state index is 0.149. The fourth-order valence-electron chi connectivity index (χ4n) is 1.32. The molecule has 0 fully saturated rings. The molecule has 0 spiro atoms. The van der Waals surface area contributed by atoms with Gasteiger partial charge in [-0.1, -0.05) is 18.2 Å². The van der Waals surface area contributed by atoms with Crippen LogP contribution in [0.4, 0.5) is 4.39 Å².